The Kier molecular flexibility index (Phi) is 11.0. The van der Waals surface area contributed by atoms with E-state index in [9.17, 15) is 33.5 Å². The van der Waals surface area contributed by atoms with Crippen LogP contribution in [-0.2, 0) is 32.2 Å². The van der Waals surface area contributed by atoms with E-state index in [2.05, 4.69) is 10.6 Å². The van der Waals surface area contributed by atoms with Gasteiger partial charge in [-0.1, -0.05) is 44.2 Å². The zero-order chi connectivity index (χ0) is 29.3. The fourth-order valence-electron chi connectivity index (χ4n) is 3.51. The second-order valence-corrected chi connectivity index (χ2v) is 10.4. The number of hydrogen-bond acceptors (Lipinski definition) is 8. The summed E-state index contributed by atoms with van der Waals surface area (Å²) in [5.74, 6) is -3.26. The maximum absolute atomic E-state index is 13.5. The number of aliphatic hydroxyl groups excluding tert-OH is 1. The topological polar surface area (TPSA) is 169 Å². The Morgan fingerprint density at radius 1 is 1.10 bits per heavy atom. The number of aromatic nitrogens is 2. The number of H-pyrrole nitrogens is 1. The number of benzene rings is 1. The van der Waals surface area contributed by atoms with Gasteiger partial charge in [-0.05, 0) is 45.1 Å². The zero-order valence-electron chi connectivity index (χ0n) is 22.5. The highest BCUT2D eigenvalue weighted by atomic mass is 19.1. The SMILES string of the molecule is CC(C)C[C@H](NC(=O)[C@@H](O)[C@@H](Cc1ccccc1)NC(=O)OC(C)(C)C)C(=O)OCn1cc(F)c(=O)[nH]c1=O. The van der Waals surface area contributed by atoms with Crippen LogP contribution in [0.3, 0.4) is 0 Å². The molecule has 13 heteroatoms. The number of esters is 1. The van der Waals surface area contributed by atoms with Crippen molar-refractivity contribution in [1.29, 1.82) is 0 Å². The largest absolute Gasteiger partial charge is 0.444 e. The normalized spacial score (nSPS) is 13.7. The number of nitrogens with zero attached hydrogens (tertiary/aromatic N) is 1. The number of amides is 2. The van der Waals surface area contributed by atoms with Gasteiger partial charge >= 0.3 is 17.8 Å². The van der Waals surface area contributed by atoms with E-state index in [1.165, 1.54) is 0 Å². The molecule has 0 saturated carbocycles. The van der Waals surface area contributed by atoms with Gasteiger partial charge in [0.1, 0.15) is 11.6 Å². The Labute approximate surface area is 224 Å². The van der Waals surface area contributed by atoms with E-state index in [-0.39, 0.29) is 18.8 Å². The number of nitrogens with one attached hydrogen (secondary N) is 3. The van der Waals surface area contributed by atoms with Gasteiger partial charge in [-0.25, -0.2) is 14.4 Å². The van der Waals surface area contributed by atoms with E-state index in [4.69, 9.17) is 9.47 Å². The molecular weight excluding hydrogens is 515 g/mol. The van der Waals surface area contributed by atoms with Gasteiger partial charge in [-0.2, -0.15) is 4.39 Å². The van der Waals surface area contributed by atoms with Gasteiger partial charge in [0.25, 0.3) is 11.5 Å². The maximum Gasteiger partial charge on any atom is 0.407 e. The van der Waals surface area contributed by atoms with Crippen molar-refractivity contribution in [2.75, 3.05) is 0 Å². The lowest BCUT2D eigenvalue weighted by Gasteiger charge is -2.27. The second kappa shape index (κ2) is 13.7. The van der Waals surface area contributed by atoms with Crippen molar-refractivity contribution < 1.29 is 33.4 Å². The third-order valence-corrected chi connectivity index (χ3v) is 5.27. The molecule has 12 nitrogen and oxygen atoms in total. The van der Waals surface area contributed by atoms with Gasteiger partial charge in [-0.3, -0.25) is 19.1 Å². The molecule has 39 heavy (non-hydrogen) atoms. The minimum Gasteiger partial charge on any atom is -0.444 e. The summed E-state index contributed by atoms with van der Waals surface area (Å²) in [4.78, 5) is 63.0. The number of carbonyl (C=O) groups excluding carboxylic acids is 3. The second-order valence-electron chi connectivity index (χ2n) is 10.4. The molecule has 4 N–H and O–H groups in total. The third kappa shape index (κ3) is 10.3. The predicted octanol–water partition coefficient (Wildman–Crippen LogP) is 1.20. The van der Waals surface area contributed by atoms with Gasteiger partial charge < -0.3 is 25.2 Å². The molecular formula is C26H35FN4O8. The minimum atomic E-state index is -1.78. The number of rotatable bonds is 11. The van der Waals surface area contributed by atoms with Crippen molar-refractivity contribution in [1.82, 2.24) is 20.2 Å². The molecule has 3 atom stereocenters. The fourth-order valence-corrected chi connectivity index (χ4v) is 3.51. The predicted molar refractivity (Wildman–Crippen MR) is 138 cm³/mol. The van der Waals surface area contributed by atoms with Gasteiger partial charge in [-0.15, -0.1) is 0 Å². The van der Waals surface area contributed by atoms with Crippen molar-refractivity contribution in [3.05, 3.63) is 68.7 Å². The van der Waals surface area contributed by atoms with Crippen LogP contribution in [-0.4, -0.2) is 56.4 Å². The Hall–Kier alpha value is -4.00. The lowest BCUT2D eigenvalue weighted by Crippen LogP contribution is -2.55. The smallest absolute Gasteiger partial charge is 0.407 e. The molecule has 2 aromatic rings. The van der Waals surface area contributed by atoms with Crippen LogP contribution >= 0.6 is 0 Å². The van der Waals surface area contributed by atoms with E-state index >= 15 is 0 Å². The van der Waals surface area contributed by atoms with Crippen LogP contribution in [0.2, 0.25) is 0 Å². The average molecular weight is 551 g/mol. The number of carbonyl (C=O) groups is 3. The summed E-state index contributed by atoms with van der Waals surface area (Å²) >= 11 is 0. The first-order chi connectivity index (χ1) is 18.2. The van der Waals surface area contributed by atoms with Gasteiger partial charge in [0.2, 0.25) is 5.82 Å². The van der Waals surface area contributed by atoms with Crippen LogP contribution in [0.1, 0.15) is 46.6 Å². The molecule has 0 aliphatic carbocycles. The number of ether oxygens (including phenoxy) is 2. The molecule has 0 unspecified atom stereocenters. The quantitative estimate of drug-likeness (QED) is 0.303. The molecule has 2 amide bonds. The van der Waals surface area contributed by atoms with Crippen molar-refractivity contribution in [2.45, 2.75) is 78.0 Å². The number of halogens is 1. The van der Waals surface area contributed by atoms with Crippen molar-refractivity contribution in [3.8, 4) is 0 Å². The molecule has 1 aromatic carbocycles. The number of aliphatic hydroxyl groups is 1. The summed E-state index contributed by atoms with van der Waals surface area (Å²) in [5.41, 5.74) is -2.31. The standard InChI is InChI=1S/C26H35FN4O8/c1-15(2)11-19(23(35)38-14-31-13-17(27)21(33)30-24(31)36)28-22(34)20(32)18(12-16-9-7-6-8-10-16)29-25(37)39-26(3,4)5/h6-10,13,15,18-20,32H,11-12,14H2,1-5H3,(H,28,34)(H,29,37)(H,30,33,36)/t18-,19+,20+/m1/s1. The molecule has 214 valence electrons. The van der Waals surface area contributed by atoms with E-state index in [0.717, 1.165) is 5.56 Å². The molecule has 1 aromatic heterocycles. The van der Waals surface area contributed by atoms with E-state index in [0.29, 0.717) is 10.8 Å². The number of alkyl carbamates (subject to hydrolysis) is 1. The summed E-state index contributed by atoms with van der Waals surface area (Å²) in [6.45, 7) is 7.84. The van der Waals surface area contributed by atoms with E-state index in [1.54, 1.807) is 69.9 Å². The van der Waals surface area contributed by atoms with Crippen LogP contribution < -0.4 is 21.9 Å². The summed E-state index contributed by atoms with van der Waals surface area (Å²) in [6, 6.07) is 6.49. The summed E-state index contributed by atoms with van der Waals surface area (Å²) in [5, 5.41) is 15.8. The van der Waals surface area contributed by atoms with Crippen molar-refractivity contribution in [3.63, 3.8) is 0 Å². The Morgan fingerprint density at radius 2 is 1.74 bits per heavy atom. The molecule has 0 aliphatic heterocycles. The summed E-state index contributed by atoms with van der Waals surface area (Å²) in [7, 11) is 0. The van der Waals surface area contributed by atoms with Crippen LogP contribution in [0.25, 0.3) is 0 Å². The van der Waals surface area contributed by atoms with Gasteiger partial charge in [0, 0.05) is 0 Å². The van der Waals surface area contributed by atoms with Crippen LogP contribution in [0.4, 0.5) is 9.18 Å². The van der Waals surface area contributed by atoms with Crippen molar-refractivity contribution >= 4 is 18.0 Å². The van der Waals surface area contributed by atoms with E-state index < -0.39 is 65.6 Å². The Morgan fingerprint density at radius 3 is 2.33 bits per heavy atom. The minimum absolute atomic E-state index is 0.0780. The highest BCUT2D eigenvalue weighted by Crippen LogP contribution is 2.12. The zero-order valence-corrected chi connectivity index (χ0v) is 22.5. The first kappa shape index (κ1) is 31.2. The Balaban J connectivity index is 2.17. The Bertz CT molecular complexity index is 1250. The molecule has 0 radical (unpaired) electrons. The van der Waals surface area contributed by atoms with Crippen LogP contribution in [0.15, 0.2) is 46.1 Å². The average Bonchev–Trinajstić information content (AvgIpc) is 2.83. The van der Waals surface area contributed by atoms with Gasteiger partial charge in [0.05, 0.1) is 12.2 Å². The lowest BCUT2D eigenvalue weighted by molar-refractivity contribution is -0.153. The molecule has 0 aliphatic rings. The monoisotopic (exact) mass is 550 g/mol. The molecule has 0 saturated heterocycles. The number of hydrogen-bond donors (Lipinski definition) is 4. The fraction of sp³-hybridized carbons (Fsp3) is 0.500. The maximum atomic E-state index is 13.5. The van der Waals surface area contributed by atoms with Crippen molar-refractivity contribution in [2.24, 2.45) is 5.92 Å². The highest BCUT2D eigenvalue weighted by molar-refractivity contribution is 5.87. The highest BCUT2D eigenvalue weighted by Gasteiger charge is 2.33. The lowest BCUT2D eigenvalue weighted by atomic mass is 9.99. The number of aromatic amines is 1. The molecule has 0 fully saturated rings. The third-order valence-electron chi connectivity index (χ3n) is 5.27. The summed E-state index contributed by atoms with van der Waals surface area (Å²) < 4.78 is 24.5. The molecule has 0 spiro atoms. The summed E-state index contributed by atoms with van der Waals surface area (Å²) in [6.07, 6.45) is -1.85. The van der Waals surface area contributed by atoms with Gasteiger partial charge in [0.15, 0.2) is 12.8 Å². The first-order valence-corrected chi connectivity index (χ1v) is 12.3. The molecule has 0 bridgehead atoms. The van der Waals surface area contributed by atoms with E-state index in [1.807, 2.05) is 0 Å². The molecule has 1 heterocycles. The first-order valence-electron chi connectivity index (χ1n) is 12.3. The van der Waals surface area contributed by atoms with Crippen LogP contribution in [0, 0.1) is 11.7 Å². The molecule has 2 rings (SSSR count). The van der Waals surface area contributed by atoms with Crippen LogP contribution in [0.5, 0.6) is 0 Å².